The first-order valence-electron chi connectivity index (χ1n) is 6.33. The third kappa shape index (κ3) is 2.36. The van der Waals surface area contributed by atoms with Gasteiger partial charge in [0, 0.05) is 17.0 Å². The summed E-state index contributed by atoms with van der Waals surface area (Å²) < 4.78 is 0. The van der Waals surface area contributed by atoms with E-state index in [0.717, 1.165) is 17.5 Å². The standard InChI is InChI=1S/C15H22ClN/c1-14(2,3)12-8-15(9-12,10-17)11-4-6-13(16)7-5-11/h4-7,12H,8-10,17H2,1-3H3. The molecule has 0 unspecified atom stereocenters. The van der Waals surface area contributed by atoms with Crippen LogP contribution in [-0.2, 0) is 5.41 Å². The average Bonchev–Trinajstić information content (AvgIpc) is 2.18. The molecule has 1 aromatic rings. The van der Waals surface area contributed by atoms with Gasteiger partial charge in [-0.15, -0.1) is 0 Å². The molecule has 1 aliphatic rings. The van der Waals surface area contributed by atoms with E-state index in [9.17, 15) is 0 Å². The molecule has 1 nitrogen and oxygen atoms in total. The van der Waals surface area contributed by atoms with Crippen LogP contribution in [0.2, 0.25) is 5.02 Å². The zero-order chi connectivity index (χ0) is 12.7. The number of rotatable bonds is 2. The molecule has 0 spiro atoms. The van der Waals surface area contributed by atoms with E-state index in [1.807, 2.05) is 12.1 Å². The Balaban J connectivity index is 2.17. The summed E-state index contributed by atoms with van der Waals surface area (Å²) in [5.74, 6) is 0.779. The fraction of sp³-hybridized carbons (Fsp3) is 0.600. The van der Waals surface area contributed by atoms with Crippen LogP contribution in [0, 0.1) is 11.3 Å². The Morgan fingerprint density at radius 1 is 1.24 bits per heavy atom. The summed E-state index contributed by atoms with van der Waals surface area (Å²) in [6, 6.07) is 8.21. The number of nitrogens with two attached hydrogens (primary N) is 1. The van der Waals surface area contributed by atoms with E-state index in [4.69, 9.17) is 17.3 Å². The minimum absolute atomic E-state index is 0.197. The Hall–Kier alpha value is -0.530. The highest BCUT2D eigenvalue weighted by molar-refractivity contribution is 6.30. The van der Waals surface area contributed by atoms with Crippen molar-refractivity contribution in [2.45, 2.75) is 39.0 Å². The lowest BCUT2D eigenvalue weighted by atomic mass is 9.52. The third-order valence-corrected chi connectivity index (χ3v) is 4.60. The maximum absolute atomic E-state index is 6.01. The van der Waals surface area contributed by atoms with Gasteiger partial charge in [0.1, 0.15) is 0 Å². The van der Waals surface area contributed by atoms with Gasteiger partial charge < -0.3 is 5.73 Å². The highest BCUT2D eigenvalue weighted by Crippen LogP contribution is 2.53. The van der Waals surface area contributed by atoms with Crippen LogP contribution in [0.4, 0.5) is 0 Å². The quantitative estimate of drug-likeness (QED) is 0.845. The molecule has 0 aliphatic heterocycles. The molecule has 2 rings (SSSR count). The smallest absolute Gasteiger partial charge is 0.0406 e. The van der Waals surface area contributed by atoms with Crippen LogP contribution in [0.25, 0.3) is 0 Å². The zero-order valence-corrected chi connectivity index (χ0v) is 11.7. The van der Waals surface area contributed by atoms with Crippen molar-refractivity contribution in [3.05, 3.63) is 34.9 Å². The monoisotopic (exact) mass is 251 g/mol. The van der Waals surface area contributed by atoms with Crippen LogP contribution in [-0.4, -0.2) is 6.54 Å². The second kappa shape index (κ2) is 4.29. The summed E-state index contributed by atoms with van der Waals surface area (Å²) in [7, 11) is 0. The van der Waals surface area contributed by atoms with Crippen LogP contribution < -0.4 is 5.73 Å². The minimum Gasteiger partial charge on any atom is -0.330 e. The van der Waals surface area contributed by atoms with Crippen LogP contribution in [0.15, 0.2) is 24.3 Å². The fourth-order valence-electron chi connectivity index (χ4n) is 2.82. The molecule has 1 aromatic carbocycles. The second-order valence-electron chi connectivity index (χ2n) is 6.46. The molecule has 0 radical (unpaired) electrons. The molecule has 0 amide bonds. The van der Waals surface area contributed by atoms with Gasteiger partial charge in [-0.25, -0.2) is 0 Å². The van der Waals surface area contributed by atoms with Gasteiger partial charge in [-0.05, 0) is 41.9 Å². The van der Waals surface area contributed by atoms with E-state index in [0.29, 0.717) is 5.41 Å². The molecule has 2 N–H and O–H groups in total. The summed E-state index contributed by atoms with van der Waals surface area (Å²) in [6.07, 6.45) is 2.41. The van der Waals surface area contributed by atoms with Crippen LogP contribution >= 0.6 is 11.6 Å². The van der Waals surface area contributed by atoms with Gasteiger partial charge in [-0.3, -0.25) is 0 Å². The largest absolute Gasteiger partial charge is 0.330 e. The highest BCUT2D eigenvalue weighted by atomic mass is 35.5. The predicted octanol–water partition coefficient (Wildman–Crippen LogP) is 3.99. The van der Waals surface area contributed by atoms with Gasteiger partial charge in [0.05, 0.1) is 0 Å². The first-order chi connectivity index (χ1) is 7.87. The number of hydrogen-bond donors (Lipinski definition) is 1. The lowest BCUT2D eigenvalue weighted by Crippen LogP contribution is -2.50. The third-order valence-electron chi connectivity index (χ3n) is 4.35. The molecule has 0 bridgehead atoms. The van der Waals surface area contributed by atoms with E-state index in [2.05, 4.69) is 32.9 Å². The van der Waals surface area contributed by atoms with Gasteiger partial charge in [-0.1, -0.05) is 44.5 Å². The van der Waals surface area contributed by atoms with E-state index in [-0.39, 0.29) is 5.41 Å². The molecule has 0 heterocycles. The van der Waals surface area contributed by atoms with E-state index in [1.165, 1.54) is 18.4 Å². The molecule has 94 valence electrons. The number of halogens is 1. The predicted molar refractivity (Wildman–Crippen MR) is 74.4 cm³/mol. The minimum atomic E-state index is 0.197. The van der Waals surface area contributed by atoms with Crippen LogP contribution in [0.3, 0.4) is 0 Å². The molecule has 0 aromatic heterocycles. The summed E-state index contributed by atoms with van der Waals surface area (Å²) in [5.41, 5.74) is 7.95. The zero-order valence-electron chi connectivity index (χ0n) is 11.0. The number of hydrogen-bond acceptors (Lipinski definition) is 1. The molecule has 0 atom stereocenters. The van der Waals surface area contributed by atoms with Gasteiger partial charge in [0.2, 0.25) is 0 Å². The first-order valence-corrected chi connectivity index (χ1v) is 6.71. The summed E-state index contributed by atoms with van der Waals surface area (Å²) in [6.45, 7) is 7.70. The Labute approximate surface area is 109 Å². The maximum Gasteiger partial charge on any atom is 0.0406 e. The lowest BCUT2D eigenvalue weighted by Gasteiger charge is -2.53. The normalized spacial score (nSPS) is 28.9. The Kier molecular flexibility index (Phi) is 3.26. The lowest BCUT2D eigenvalue weighted by molar-refractivity contribution is 0.0504. The summed E-state index contributed by atoms with van der Waals surface area (Å²) in [5, 5.41) is 0.799. The van der Waals surface area contributed by atoms with Crippen LogP contribution in [0.5, 0.6) is 0 Å². The van der Waals surface area contributed by atoms with Crippen LogP contribution in [0.1, 0.15) is 39.2 Å². The van der Waals surface area contributed by atoms with E-state index in [1.54, 1.807) is 0 Å². The summed E-state index contributed by atoms with van der Waals surface area (Å²) in [4.78, 5) is 0. The van der Waals surface area contributed by atoms with Crippen molar-refractivity contribution in [3.63, 3.8) is 0 Å². The molecule has 1 saturated carbocycles. The van der Waals surface area contributed by atoms with E-state index >= 15 is 0 Å². The van der Waals surface area contributed by atoms with E-state index < -0.39 is 0 Å². The van der Waals surface area contributed by atoms with Crippen molar-refractivity contribution in [2.75, 3.05) is 6.54 Å². The Bertz CT molecular complexity index is 382. The van der Waals surface area contributed by atoms with Crippen molar-refractivity contribution in [1.82, 2.24) is 0 Å². The molecule has 17 heavy (non-hydrogen) atoms. The fourth-order valence-corrected chi connectivity index (χ4v) is 2.95. The number of benzene rings is 1. The molecule has 1 fully saturated rings. The SMILES string of the molecule is CC(C)(C)C1CC(CN)(c2ccc(Cl)cc2)C1. The topological polar surface area (TPSA) is 26.0 Å². The average molecular weight is 252 g/mol. The van der Waals surface area contributed by atoms with Gasteiger partial charge >= 0.3 is 0 Å². The van der Waals surface area contributed by atoms with Crippen molar-refractivity contribution >= 4 is 11.6 Å². The Morgan fingerprint density at radius 3 is 2.18 bits per heavy atom. The summed E-state index contributed by atoms with van der Waals surface area (Å²) >= 11 is 5.94. The molecule has 2 heteroatoms. The molecule has 0 saturated heterocycles. The molecule has 1 aliphatic carbocycles. The second-order valence-corrected chi connectivity index (χ2v) is 6.90. The van der Waals surface area contributed by atoms with Crippen molar-refractivity contribution in [1.29, 1.82) is 0 Å². The van der Waals surface area contributed by atoms with Gasteiger partial charge in [-0.2, -0.15) is 0 Å². The Morgan fingerprint density at radius 2 is 1.76 bits per heavy atom. The molecular formula is C15H22ClN. The van der Waals surface area contributed by atoms with Crippen molar-refractivity contribution < 1.29 is 0 Å². The van der Waals surface area contributed by atoms with Crippen molar-refractivity contribution in [3.8, 4) is 0 Å². The first kappa shape index (κ1) is 12.9. The highest BCUT2D eigenvalue weighted by Gasteiger charge is 2.48. The molecular weight excluding hydrogens is 230 g/mol. The van der Waals surface area contributed by atoms with Gasteiger partial charge in [0.25, 0.3) is 0 Å². The maximum atomic E-state index is 6.01. The van der Waals surface area contributed by atoms with Crippen molar-refractivity contribution in [2.24, 2.45) is 17.1 Å². The van der Waals surface area contributed by atoms with Gasteiger partial charge in [0.15, 0.2) is 0 Å².